The molecule has 0 fully saturated rings. The number of benzene rings is 2. The highest BCUT2D eigenvalue weighted by Gasteiger charge is 2.11. The Morgan fingerprint density at radius 2 is 2.11 bits per heavy atom. The van der Waals surface area contributed by atoms with E-state index in [4.69, 9.17) is 9.47 Å². The largest absolute Gasteiger partial charge is 0.493 e. The Labute approximate surface area is 158 Å². The smallest absolute Gasteiger partial charge is 0.251 e. The summed E-state index contributed by atoms with van der Waals surface area (Å²) < 4.78 is 12.9. The van der Waals surface area contributed by atoms with Crippen LogP contribution in [0.25, 0.3) is 11.0 Å². The SMILES string of the molecule is C=CCOc1ccc(C(=O)NCCCn2cnc3ccccc32)cc1OC. The van der Waals surface area contributed by atoms with Crippen LogP contribution in [0.3, 0.4) is 0 Å². The highest BCUT2D eigenvalue weighted by Crippen LogP contribution is 2.28. The molecule has 0 unspecified atom stereocenters. The predicted molar refractivity (Wildman–Crippen MR) is 105 cm³/mol. The fourth-order valence-corrected chi connectivity index (χ4v) is 2.82. The molecule has 1 aromatic heterocycles. The fourth-order valence-electron chi connectivity index (χ4n) is 2.82. The van der Waals surface area contributed by atoms with E-state index in [-0.39, 0.29) is 5.91 Å². The van der Waals surface area contributed by atoms with Gasteiger partial charge in [0, 0.05) is 18.7 Å². The van der Waals surface area contributed by atoms with E-state index in [9.17, 15) is 4.79 Å². The molecule has 1 amide bonds. The van der Waals surface area contributed by atoms with Crippen molar-refractivity contribution in [1.29, 1.82) is 0 Å². The zero-order chi connectivity index (χ0) is 19.1. The molecule has 6 nitrogen and oxygen atoms in total. The molecule has 0 saturated heterocycles. The van der Waals surface area contributed by atoms with Crippen LogP contribution in [0.5, 0.6) is 11.5 Å². The average molecular weight is 365 g/mol. The maximum Gasteiger partial charge on any atom is 0.251 e. The molecule has 140 valence electrons. The Morgan fingerprint density at radius 1 is 1.26 bits per heavy atom. The molecule has 0 aliphatic carbocycles. The third-order valence-corrected chi connectivity index (χ3v) is 4.17. The molecule has 27 heavy (non-hydrogen) atoms. The highest BCUT2D eigenvalue weighted by molar-refractivity contribution is 5.94. The van der Waals surface area contributed by atoms with Crippen LogP contribution in [-0.2, 0) is 6.54 Å². The van der Waals surface area contributed by atoms with Crippen molar-refractivity contribution in [3.63, 3.8) is 0 Å². The Morgan fingerprint density at radius 3 is 2.93 bits per heavy atom. The molecule has 0 bridgehead atoms. The van der Waals surface area contributed by atoms with Crippen molar-refractivity contribution in [3.05, 3.63) is 67.0 Å². The minimum absolute atomic E-state index is 0.140. The summed E-state index contributed by atoms with van der Waals surface area (Å²) in [6, 6.07) is 13.1. The molecule has 0 saturated carbocycles. The summed E-state index contributed by atoms with van der Waals surface area (Å²) in [7, 11) is 1.55. The summed E-state index contributed by atoms with van der Waals surface area (Å²) in [4.78, 5) is 16.7. The number of para-hydroxylation sites is 2. The number of nitrogens with one attached hydrogen (secondary N) is 1. The van der Waals surface area contributed by atoms with Crippen LogP contribution < -0.4 is 14.8 Å². The Bertz CT molecular complexity index is 933. The van der Waals surface area contributed by atoms with E-state index < -0.39 is 0 Å². The summed E-state index contributed by atoms with van der Waals surface area (Å²) in [6.45, 7) is 5.36. The predicted octanol–water partition coefficient (Wildman–Crippen LogP) is 3.43. The van der Waals surface area contributed by atoms with E-state index in [0.717, 1.165) is 24.0 Å². The molecule has 2 aromatic carbocycles. The number of hydrogen-bond acceptors (Lipinski definition) is 4. The first-order chi connectivity index (χ1) is 13.2. The summed E-state index contributed by atoms with van der Waals surface area (Å²) in [5, 5.41) is 2.94. The molecule has 1 heterocycles. The lowest BCUT2D eigenvalue weighted by molar-refractivity contribution is 0.0952. The minimum Gasteiger partial charge on any atom is -0.493 e. The van der Waals surface area contributed by atoms with Crippen LogP contribution in [-0.4, -0.2) is 35.7 Å². The van der Waals surface area contributed by atoms with Gasteiger partial charge in [-0.15, -0.1) is 0 Å². The third kappa shape index (κ3) is 4.47. The first-order valence-electron chi connectivity index (χ1n) is 8.82. The Kier molecular flexibility index (Phi) is 6.10. The van der Waals surface area contributed by atoms with Crippen LogP contribution in [0.2, 0.25) is 0 Å². The van der Waals surface area contributed by atoms with Crippen molar-refractivity contribution in [3.8, 4) is 11.5 Å². The summed E-state index contributed by atoms with van der Waals surface area (Å²) in [5.74, 6) is 0.967. The number of carbonyl (C=O) groups excluding carboxylic acids is 1. The number of imidazole rings is 1. The maximum absolute atomic E-state index is 12.4. The number of hydrogen-bond donors (Lipinski definition) is 1. The number of ether oxygens (including phenoxy) is 2. The topological polar surface area (TPSA) is 65.4 Å². The highest BCUT2D eigenvalue weighted by atomic mass is 16.5. The standard InChI is InChI=1S/C21H23N3O3/c1-3-13-27-19-10-9-16(14-20(19)26-2)21(25)22-11-6-12-24-15-23-17-7-4-5-8-18(17)24/h3-5,7-10,14-15H,1,6,11-13H2,2H3,(H,22,25). The second-order valence-corrected chi connectivity index (χ2v) is 6.00. The first kappa shape index (κ1) is 18.5. The van der Waals surface area contributed by atoms with Crippen molar-refractivity contribution in [2.45, 2.75) is 13.0 Å². The van der Waals surface area contributed by atoms with Crippen molar-refractivity contribution in [2.75, 3.05) is 20.3 Å². The average Bonchev–Trinajstić information content (AvgIpc) is 3.12. The van der Waals surface area contributed by atoms with Crippen molar-refractivity contribution >= 4 is 16.9 Å². The number of aryl methyl sites for hydroxylation is 1. The van der Waals surface area contributed by atoms with Gasteiger partial charge in [0.2, 0.25) is 0 Å². The zero-order valence-corrected chi connectivity index (χ0v) is 15.4. The van der Waals surface area contributed by atoms with Gasteiger partial charge in [0.1, 0.15) is 6.61 Å². The maximum atomic E-state index is 12.4. The molecule has 1 N–H and O–H groups in total. The summed E-state index contributed by atoms with van der Waals surface area (Å²) in [5.41, 5.74) is 2.61. The number of nitrogens with zero attached hydrogens (tertiary/aromatic N) is 2. The number of carbonyl (C=O) groups is 1. The van der Waals surface area contributed by atoms with Gasteiger partial charge in [-0.1, -0.05) is 24.8 Å². The fraction of sp³-hybridized carbons (Fsp3) is 0.238. The van der Waals surface area contributed by atoms with Crippen molar-refractivity contribution in [2.24, 2.45) is 0 Å². The third-order valence-electron chi connectivity index (χ3n) is 4.17. The molecule has 6 heteroatoms. The quantitative estimate of drug-likeness (QED) is 0.466. The normalized spacial score (nSPS) is 10.6. The lowest BCUT2D eigenvalue weighted by atomic mass is 10.2. The molecule has 0 atom stereocenters. The van der Waals surface area contributed by atoms with Gasteiger partial charge in [-0.25, -0.2) is 4.98 Å². The monoisotopic (exact) mass is 365 g/mol. The van der Waals surface area contributed by atoms with Gasteiger partial charge in [-0.2, -0.15) is 0 Å². The molecule has 0 aliphatic heterocycles. The van der Waals surface area contributed by atoms with E-state index in [1.54, 1.807) is 31.4 Å². The van der Waals surface area contributed by atoms with Gasteiger partial charge in [0.05, 0.1) is 24.5 Å². The van der Waals surface area contributed by atoms with Gasteiger partial charge in [0.25, 0.3) is 5.91 Å². The molecule has 3 rings (SSSR count). The molecule has 0 aliphatic rings. The molecule has 3 aromatic rings. The second-order valence-electron chi connectivity index (χ2n) is 6.00. The van der Waals surface area contributed by atoms with E-state index in [0.29, 0.717) is 30.2 Å². The lowest BCUT2D eigenvalue weighted by Crippen LogP contribution is -2.25. The minimum atomic E-state index is -0.140. The molecule has 0 radical (unpaired) electrons. The van der Waals surface area contributed by atoms with Gasteiger partial charge in [0.15, 0.2) is 11.5 Å². The first-order valence-corrected chi connectivity index (χ1v) is 8.82. The van der Waals surface area contributed by atoms with E-state index in [2.05, 4.69) is 21.4 Å². The van der Waals surface area contributed by atoms with E-state index in [1.165, 1.54) is 0 Å². The molecular weight excluding hydrogens is 342 g/mol. The number of rotatable bonds is 9. The number of methoxy groups -OCH3 is 1. The van der Waals surface area contributed by atoms with Crippen LogP contribution in [0.1, 0.15) is 16.8 Å². The van der Waals surface area contributed by atoms with Crippen LogP contribution in [0, 0.1) is 0 Å². The van der Waals surface area contributed by atoms with Gasteiger partial charge >= 0.3 is 0 Å². The molecular formula is C21H23N3O3. The number of amides is 1. The number of fused-ring (bicyclic) bond motifs is 1. The Hall–Kier alpha value is -3.28. The second kappa shape index (κ2) is 8.89. The lowest BCUT2D eigenvalue weighted by Gasteiger charge is -2.11. The van der Waals surface area contributed by atoms with Gasteiger partial charge < -0.3 is 19.4 Å². The van der Waals surface area contributed by atoms with Gasteiger partial charge in [-0.05, 0) is 36.8 Å². The summed E-state index contributed by atoms with van der Waals surface area (Å²) in [6.07, 6.45) is 4.30. The summed E-state index contributed by atoms with van der Waals surface area (Å²) >= 11 is 0. The van der Waals surface area contributed by atoms with E-state index >= 15 is 0 Å². The van der Waals surface area contributed by atoms with Crippen LogP contribution in [0.15, 0.2) is 61.4 Å². The zero-order valence-electron chi connectivity index (χ0n) is 15.4. The van der Waals surface area contributed by atoms with Crippen molar-refractivity contribution in [1.82, 2.24) is 14.9 Å². The Balaban J connectivity index is 1.53. The number of aromatic nitrogens is 2. The van der Waals surface area contributed by atoms with Crippen LogP contribution in [0.4, 0.5) is 0 Å². The van der Waals surface area contributed by atoms with Gasteiger partial charge in [-0.3, -0.25) is 4.79 Å². The van der Waals surface area contributed by atoms with Crippen LogP contribution >= 0.6 is 0 Å². The molecule has 0 spiro atoms. The van der Waals surface area contributed by atoms with Crippen molar-refractivity contribution < 1.29 is 14.3 Å². The van der Waals surface area contributed by atoms with E-state index in [1.807, 2.05) is 30.6 Å².